The van der Waals surface area contributed by atoms with Gasteiger partial charge in [0.2, 0.25) is 0 Å². The number of hydrogen-bond donors (Lipinski definition) is 2. The predicted octanol–water partition coefficient (Wildman–Crippen LogP) is 3.16. The molecule has 2 N–H and O–H groups in total. The fourth-order valence-corrected chi connectivity index (χ4v) is 1.89. The van der Waals surface area contributed by atoms with Crippen LogP contribution in [0.1, 0.15) is 11.1 Å². The van der Waals surface area contributed by atoms with Crippen LogP contribution in [-0.2, 0) is 6.54 Å². The van der Waals surface area contributed by atoms with Crippen LogP contribution in [-0.4, -0.2) is 12.2 Å². The minimum Gasteiger partial charge on any atom is -0.503 e. The van der Waals surface area contributed by atoms with E-state index in [2.05, 4.69) is 5.32 Å². The molecule has 0 aliphatic rings. The summed E-state index contributed by atoms with van der Waals surface area (Å²) in [5, 5.41) is 21.0. The van der Waals surface area contributed by atoms with Crippen LogP contribution in [0.5, 0.6) is 11.5 Å². The summed E-state index contributed by atoms with van der Waals surface area (Å²) in [6, 6.07) is 8.99. The summed E-state index contributed by atoms with van der Waals surface area (Å²) in [7, 11) is 1.46. The van der Waals surface area contributed by atoms with E-state index in [-0.39, 0.29) is 12.1 Å². The van der Waals surface area contributed by atoms with E-state index in [4.69, 9.17) is 15.1 Å². The number of anilines is 1. The number of nitrogens with one attached hydrogen (secondary N) is 1. The van der Waals surface area contributed by atoms with Gasteiger partial charge in [0.25, 0.3) is 0 Å². The van der Waals surface area contributed by atoms with Gasteiger partial charge in [-0.05, 0) is 29.8 Å². The fourth-order valence-electron chi connectivity index (χ4n) is 1.89. The maximum Gasteiger partial charge on any atom is 0.187 e. The number of rotatable bonds is 4. The lowest BCUT2D eigenvalue weighted by atomic mass is 10.1. The average molecular weight is 290 g/mol. The molecule has 2 aromatic rings. The Morgan fingerprint density at radius 1 is 1.29 bits per heavy atom. The number of methoxy groups -OCH3 is 1. The minimum absolute atomic E-state index is 0.0726. The number of ether oxygens (including phenoxy) is 1. The number of hydrogen-bond acceptors (Lipinski definition) is 4. The Balaban J connectivity index is 2.27. The van der Waals surface area contributed by atoms with E-state index in [0.717, 1.165) is 12.1 Å². The zero-order chi connectivity index (χ0) is 15.4. The molecular formula is C15H12F2N2O2. The highest BCUT2D eigenvalue weighted by atomic mass is 19.1. The molecule has 21 heavy (non-hydrogen) atoms. The molecule has 0 aromatic heterocycles. The SMILES string of the molecule is COc1cccc(C#N)c1NCc1cc(F)c(O)c(F)c1. The fraction of sp³-hybridized carbons (Fsp3) is 0.133. The molecule has 0 saturated heterocycles. The van der Waals surface area contributed by atoms with Crippen LogP contribution < -0.4 is 10.1 Å². The van der Waals surface area contributed by atoms with Gasteiger partial charge in [0, 0.05) is 6.54 Å². The number of phenolic OH excluding ortho intramolecular Hbond substituents is 1. The van der Waals surface area contributed by atoms with Crippen LogP contribution in [0.2, 0.25) is 0 Å². The Hall–Kier alpha value is -2.81. The summed E-state index contributed by atoms with van der Waals surface area (Å²) in [5.74, 6) is -2.62. The second-order valence-electron chi connectivity index (χ2n) is 4.26. The molecule has 0 fully saturated rings. The van der Waals surface area contributed by atoms with Gasteiger partial charge >= 0.3 is 0 Å². The van der Waals surface area contributed by atoms with Gasteiger partial charge in [-0.3, -0.25) is 0 Å². The molecular weight excluding hydrogens is 278 g/mol. The third kappa shape index (κ3) is 3.03. The number of nitriles is 1. The summed E-state index contributed by atoms with van der Waals surface area (Å²) in [6.45, 7) is 0.0726. The standard InChI is InChI=1S/C15H12F2N2O2/c1-21-13-4-2-3-10(7-18)14(13)19-8-9-5-11(16)15(20)12(17)6-9/h2-6,19-20H,8H2,1H3. The molecule has 2 rings (SSSR count). The molecule has 0 heterocycles. The number of phenols is 1. The van der Waals surface area contributed by atoms with Crippen molar-refractivity contribution in [1.29, 1.82) is 5.26 Å². The largest absolute Gasteiger partial charge is 0.503 e. The second-order valence-corrected chi connectivity index (χ2v) is 4.26. The van der Waals surface area contributed by atoms with Gasteiger partial charge < -0.3 is 15.2 Å². The summed E-state index contributed by atoms with van der Waals surface area (Å²) in [6.07, 6.45) is 0. The lowest BCUT2D eigenvalue weighted by molar-refractivity contribution is 0.395. The quantitative estimate of drug-likeness (QED) is 0.907. The van der Waals surface area contributed by atoms with Crippen molar-refractivity contribution in [1.82, 2.24) is 0 Å². The van der Waals surface area contributed by atoms with Crippen LogP contribution in [0.3, 0.4) is 0 Å². The highest BCUT2D eigenvalue weighted by molar-refractivity contribution is 5.66. The van der Waals surface area contributed by atoms with E-state index in [0.29, 0.717) is 17.0 Å². The third-order valence-corrected chi connectivity index (χ3v) is 2.91. The lowest BCUT2D eigenvalue weighted by Gasteiger charge is -2.13. The summed E-state index contributed by atoms with van der Waals surface area (Å²) >= 11 is 0. The number of benzene rings is 2. The first-order valence-electron chi connectivity index (χ1n) is 6.04. The summed E-state index contributed by atoms with van der Waals surface area (Å²) in [4.78, 5) is 0. The van der Waals surface area contributed by atoms with Crippen molar-refractivity contribution in [2.45, 2.75) is 6.54 Å². The second kappa shape index (κ2) is 6.09. The highest BCUT2D eigenvalue weighted by Gasteiger charge is 2.12. The number of halogens is 2. The number of aromatic hydroxyl groups is 1. The van der Waals surface area contributed by atoms with E-state index in [1.807, 2.05) is 6.07 Å². The van der Waals surface area contributed by atoms with Crippen molar-refractivity contribution in [2.75, 3.05) is 12.4 Å². The molecule has 2 aromatic carbocycles. The Labute approximate surface area is 120 Å². The Kier molecular flexibility index (Phi) is 4.24. The van der Waals surface area contributed by atoms with Gasteiger partial charge in [-0.15, -0.1) is 0 Å². The first kappa shape index (κ1) is 14.6. The van der Waals surface area contributed by atoms with Crippen LogP contribution in [0.4, 0.5) is 14.5 Å². The van der Waals surface area contributed by atoms with E-state index < -0.39 is 17.4 Å². The maximum absolute atomic E-state index is 13.3. The van der Waals surface area contributed by atoms with E-state index >= 15 is 0 Å². The average Bonchev–Trinajstić information content (AvgIpc) is 2.49. The molecule has 0 radical (unpaired) electrons. The molecule has 108 valence electrons. The molecule has 6 heteroatoms. The smallest absolute Gasteiger partial charge is 0.187 e. The van der Waals surface area contributed by atoms with Crippen molar-refractivity contribution < 1.29 is 18.6 Å². The van der Waals surface area contributed by atoms with Crippen molar-refractivity contribution in [3.05, 3.63) is 53.1 Å². The molecule has 0 amide bonds. The molecule has 0 aliphatic heterocycles. The van der Waals surface area contributed by atoms with Crippen LogP contribution >= 0.6 is 0 Å². The Morgan fingerprint density at radius 3 is 2.52 bits per heavy atom. The Bertz CT molecular complexity index is 688. The molecule has 0 bridgehead atoms. The maximum atomic E-state index is 13.3. The van der Waals surface area contributed by atoms with Gasteiger partial charge in [0.05, 0.1) is 18.4 Å². The van der Waals surface area contributed by atoms with E-state index in [9.17, 15) is 8.78 Å². The first-order valence-corrected chi connectivity index (χ1v) is 6.04. The Morgan fingerprint density at radius 2 is 1.95 bits per heavy atom. The van der Waals surface area contributed by atoms with Gasteiger partial charge in [-0.25, -0.2) is 8.78 Å². The normalized spacial score (nSPS) is 10.0. The van der Waals surface area contributed by atoms with Gasteiger partial charge in [-0.1, -0.05) is 6.07 Å². The number of nitrogens with zero attached hydrogens (tertiary/aromatic N) is 1. The first-order chi connectivity index (χ1) is 10.1. The molecule has 0 spiro atoms. The third-order valence-electron chi connectivity index (χ3n) is 2.91. The highest BCUT2D eigenvalue weighted by Crippen LogP contribution is 2.29. The molecule has 0 atom stereocenters. The van der Waals surface area contributed by atoms with Crippen molar-refractivity contribution in [3.8, 4) is 17.6 Å². The van der Waals surface area contributed by atoms with Gasteiger partial charge in [-0.2, -0.15) is 5.26 Å². The van der Waals surface area contributed by atoms with E-state index in [1.165, 1.54) is 7.11 Å². The summed E-state index contributed by atoms with van der Waals surface area (Å²) in [5.41, 5.74) is 1.09. The summed E-state index contributed by atoms with van der Waals surface area (Å²) < 4.78 is 31.7. The van der Waals surface area contributed by atoms with E-state index in [1.54, 1.807) is 18.2 Å². The zero-order valence-electron chi connectivity index (χ0n) is 11.2. The molecule has 0 saturated carbocycles. The molecule has 0 aliphatic carbocycles. The van der Waals surface area contributed by atoms with Gasteiger partial charge in [0.15, 0.2) is 17.4 Å². The van der Waals surface area contributed by atoms with Crippen molar-refractivity contribution >= 4 is 5.69 Å². The molecule has 4 nitrogen and oxygen atoms in total. The predicted molar refractivity (Wildman–Crippen MR) is 73.1 cm³/mol. The van der Waals surface area contributed by atoms with Crippen LogP contribution in [0, 0.1) is 23.0 Å². The zero-order valence-corrected chi connectivity index (χ0v) is 11.2. The minimum atomic E-state index is -1.03. The molecule has 0 unspecified atom stereocenters. The monoisotopic (exact) mass is 290 g/mol. The van der Waals surface area contributed by atoms with Crippen molar-refractivity contribution in [2.24, 2.45) is 0 Å². The lowest BCUT2D eigenvalue weighted by Crippen LogP contribution is -2.04. The van der Waals surface area contributed by atoms with Crippen LogP contribution in [0.25, 0.3) is 0 Å². The van der Waals surface area contributed by atoms with Gasteiger partial charge in [0.1, 0.15) is 11.8 Å². The topological polar surface area (TPSA) is 65.3 Å². The number of para-hydroxylation sites is 1. The van der Waals surface area contributed by atoms with Crippen LogP contribution in [0.15, 0.2) is 30.3 Å². The van der Waals surface area contributed by atoms with Crippen molar-refractivity contribution in [3.63, 3.8) is 0 Å².